The van der Waals surface area contributed by atoms with Crippen molar-refractivity contribution in [2.24, 2.45) is 0 Å². The molecule has 0 aliphatic carbocycles. The number of nitrogens with one attached hydrogen (secondary N) is 1. The van der Waals surface area contributed by atoms with Crippen LogP contribution >= 0.6 is 0 Å². The number of carbonyl (C=O) groups excluding carboxylic acids is 2. The molecule has 1 atom stereocenters. The topological polar surface area (TPSA) is 92.8 Å². The monoisotopic (exact) mass is 418 g/mol. The number of para-hydroxylation sites is 1. The van der Waals surface area contributed by atoms with Gasteiger partial charge in [-0.2, -0.15) is 0 Å². The zero-order valence-corrected chi connectivity index (χ0v) is 16.2. The number of hydrogen-bond acceptors (Lipinski definition) is 5. The third kappa shape index (κ3) is 3.88. The molecule has 152 valence electrons. The maximum atomic E-state index is 13.3. The number of ether oxygens (including phenoxy) is 1. The smallest absolute Gasteiger partial charge is 0.241 e. The van der Waals surface area contributed by atoms with Crippen LogP contribution in [0, 0.1) is 5.82 Å². The van der Waals surface area contributed by atoms with Crippen molar-refractivity contribution in [1.29, 1.82) is 0 Å². The van der Waals surface area contributed by atoms with Gasteiger partial charge in [0.15, 0.2) is 5.78 Å². The number of Topliss-reactive ketones (excluding diaryl/α,β-unsaturated/α-hetero) is 1. The van der Waals surface area contributed by atoms with Gasteiger partial charge in [0.05, 0.1) is 30.0 Å². The van der Waals surface area contributed by atoms with Crippen molar-refractivity contribution in [2.45, 2.75) is 23.3 Å². The van der Waals surface area contributed by atoms with Gasteiger partial charge in [-0.15, -0.1) is 0 Å². The second-order valence-corrected chi connectivity index (χ2v) is 9.00. The molecule has 2 heterocycles. The lowest BCUT2D eigenvalue weighted by Crippen LogP contribution is -2.46. The number of sulfonamides is 1. The van der Waals surface area contributed by atoms with Gasteiger partial charge < -0.3 is 9.64 Å². The summed E-state index contributed by atoms with van der Waals surface area (Å²) in [6.07, 6.45) is 0.651. The Morgan fingerprint density at radius 1 is 1.21 bits per heavy atom. The van der Waals surface area contributed by atoms with Gasteiger partial charge in [-0.05, 0) is 30.3 Å². The van der Waals surface area contributed by atoms with Crippen molar-refractivity contribution >= 4 is 21.7 Å². The second-order valence-electron chi connectivity index (χ2n) is 7.23. The number of hydrogen-bond donors (Lipinski definition) is 1. The number of benzene rings is 2. The molecule has 9 heteroatoms. The summed E-state index contributed by atoms with van der Waals surface area (Å²) in [5.41, 5.74) is -0.256. The Hall–Kier alpha value is -2.78. The van der Waals surface area contributed by atoms with Crippen LogP contribution in [0.4, 0.5) is 4.39 Å². The van der Waals surface area contributed by atoms with Crippen LogP contribution in [-0.4, -0.2) is 50.2 Å². The summed E-state index contributed by atoms with van der Waals surface area (Å²) in [5, 5.41) is 0. The third-order valence-electron chi connectivity index (χ3n) is 5.19. The van der Waals surface area contributed by atoms with Crippen LogP contribution in [0.3, 0.4) is 0 Å². The first-order chi connectivity index (χ1) is 13.8. The standard InChI is InChI=1S/C20H19FN2O5S/c21-14-4-3-5-15(10-14)29(26,27)22-12-19(25)23-9-8-20(13-23)11-17(24)16-6-1-2-7-18(16)28-20/h1-7,10,22H,8-9,11-13H2. The normalized spacial score (nSPS) is 21.1. The molecule has 2 aromatic carbocycles. The third-order valence-corrected chi connectivity index (χ3v) is 6.58. The Balaban J connectivity index is 1.41. The fourth-order valence-corrected chi connectivity index (χ4v) is 4.72. The lowest BCUT2D eigenvalue weighted by molar-refractivity contribution is -0.129. The van der Waals surface area contributed by atoms with Crippen molar-refractivity contribution < 1.29 is 27.1 Å². The molecule has 7 nitrogen and oxygen atoms in total. The van der Waals surface area contributed by atoms with Crippen LogP contribution in [0.2, 0.25) is 0 Å². The average Bonchev–Trinajstić information content (AvgIpc) is 3.09. The van der Waals surface area contributed by atoms with Crippen LogP contribution in [-0.2, 0) is 14.8 Å². The van der Waals surface area contributed by atoms with Gasteiger partial charge in [-0.25, -0.2) is 17.5 Å². The fraction of sp³-hybridized carbons (Fsp3) is 0.300. The molecule has 0 radical (unpaired) electrons. The molecular weight excluding hydrogens is 399 g/mol. The summed E-state index contributed by atoms with van der Waals surface area (Å²) in [6.45, 7) is 0.100. The Morgan fingerprint density at radius 3 is 2.79 bits per heavy atom. The van der Waals surface area contributed by atoms with E-state index in [0.717, 1.165) is 12.1 Å². The number of likely N-dealkylation sites (tertiary alicyclic amines) is 1. The Morgan fingerprint density at radius 2 is 2.00 bits per heavy atom. The first-order valence-corrected chi connectivity index (χ1v) is 10.6. The first-order valence-electron chi connectivity index (χ1n) is 9.12. The van der Waals surface area contributed by atoms with E-state index in [2.05, 4.69) is 4.72 Å². The van der Waals surface area contributed by atoms with Gasteiger partial charge in [-0.3, -0.25) is 9.59 Å². The van der Waals surface area contributed by atoms with Crippen LogP contribution in [0.1, 0.15) is 23.2 Å². The maximum Gasteiger partial charge on any atom is 0.241 e. The molecular formula is C20H19FN2O5S. The molecule has 0 bridgehead atoms. The van der Waals surface area contributed by atoms with E-state index in [1.807, 2.05) is 0 Å². The van der Waals surface area contributed by atoms with E-state index in [0.29, 0.717) is 24.3 Å². The Bertz CT molecular complexity index is 1090. The number of rotatable bonds is 4. The molecule has 1 fully saturated rings. The molecule has 1 amide bonds. The molecule has 2 aliphatic heterocycles. The Labute approximate surface area is 167 Å². The van der Waals surface area contributed by atoms with Crippen LogP contribution in [0.5, 0.6) is 5.75 Å². The molecule has 4 rings (SSSR count). The Kier molecular flexibility index (Phi) is 4.87. The lowest BCUT2D eigenvalue weighted by atomic mass is 9.89. The van der Waals surface area contributed by atoms with E-state index in [1.54, 1.807) is 24.3 Å². The highest BCUT2D eigenvalue weighted by molar-refractivity contribution is 7.89. The van der Waals surface area contributed by atoms with Crippen molar-refractivity contribution in [3.63, 3.8) is 0 Å². The van der Waals surface area contributed by atoms with Gasteiger partial charge in [0.2, 0.25) is 15.9 Å². The predicted octanol–water partition coefficient (Wildman–Crippen LogP) is 1.74. The van der Waals surface area contributed by atoms with Crippen molar-refractivity contribution in [2.75, 3.05) is 19.6 Å². The number of fused-ring (bicyclic) bond motifs is 1. The molecule has 2 aliphatic rings. The number of nitrogens with zero attached hydrogens (tertiary/aromatic N) is 1. The molecule has 0 aromatic heterocycles. The summed E-state index contributed by atoms with van der Waals surface area (Å²) >= 11 is 0. The minimum atomic E-state index is -4.01. The highest BCUT2D eigenvalue weighted by Crippen LogP contribution is 2.38. The molecule has 1 unspecified atom stereocenters. The summed E-state index contributed by atoms with van der Waals surface area (Å²) in [5.74, 6) is -0.644. The average molecular weight is 418 g/mol. The van der Waals surface area contributed by atoms with E-state index in [4.69, 9.17) is 4.74 Å². The SMILES string of the molecule is O=C1CC2(CCN(C(=O)CNS(=O)(=O)c3cccc(F)c3)C2)Oc2ccccc21. The lowest BCUT2D eigenvalue weighted by Gasteiger charge is -2.34. The second kappa shape index (κ2) is 7.23. The number of carbonyl (C=O) groups is 2. The van der Waals surface area contributed by atoms with Gasteiger partial charge >= 0.3 is 0 Å². The summed E-state index contributed by atoms with van der Waals surface area (Å²) in [4.78, 5) is 26.2. The molecule has 1 N–H and O–H groups in total. The number of halogens is 1. The fourth-order valence-electron chi connectivity index (χ4n) is 3.71. The van der Waals surface area contributed by atoms with E-state index in [1.165, 1.54) is 17.0 Å². The zero-order valence-electron chi connectivity index (χ0n) is 15.4. The highest BCUT2D eigenvalue weighted by Gasteiger charge is 2.46. The van der Waals surface area contributed by atoms with Crippen molar-refractivity contribution in [3.05, 3.63) is 59.9 Å². The maximum absolute atomic E-state index is 13.3. The predicted molar refractivity (Wildman–Crippen MR) is 102 cm³/mol. The van der Waals surface area contributed by atoms with Gasteiger partial charge in [0.25, 0.3) is 0 Å². The number of ketones is 1. The molecule has 29 heavy (non-hydrogen) atoms. The van der Waals surface area contributed by atoms with E-state index in [-0.39, 0.29) is 23.6 Å². The van der Waals surface area contributed by atoms with Gasteiger partial charge in [-0.1, -0.05) is 18.2 Å². The molecule has 0 saturated carbocycles. The minimum Gasteiger partial charge on any atom is -0.484 e. The van der Waals surface area contributed by atoms with E-state index in [9.17, 15) is 22.4 Å². The molecule has 2 aromatic rings. The van der Waals surface area contributed by atoms with Crippen LogP contribution in [0.25, 0.3) is 0 Å². The minimum absolute atomic E-state index is 0.0343. The summed E-state index contributed by atoms with van der Waals surface area (Å²) < 4.78 is 46.1. The van der Waals surface area contributed by atoms with Crippen molar-refractivity contribution in [1.82, 2.24) is 9.62 Å². The summed E-state index contributed by atoms with van der Waals surface area (Å²) in [7, 11) is -4.01. The van der Waals surface area contributed by atoms with Crippen LogP contribution in [0.15, 0.2) is 53.4 Å². The van der Waals surface area contributed by atoms with Gasteiger partial charge in [0.1, 0.15) is 17.2 Å². The highest BCUT2D eigenvalue weighted by atomic mass is 32.2. The quantitative estimate of drug-likeness (QED) is 0.817. The van der Waals surface area contributed by atoms with Crippen molar-refractivity contribution in [3.8, 4) is 5.75 Å². The van der Waals surface area contributed by atoms with E-state index < -0.39 is 33.9 Å². The zero-order chi connectivity index (χ0) is 20.6. The number of amides is 1. The molecule has 1 saturated heterocycles. The first kappa shape index (κ1) is 19.5. The largest absolute Gasteiger partial charge is 0.484 e. The molecule has 1 spiro atoms. The van der Waals surface area contributed by atoms with E-state index >= 15 is 0 Å². The van der Waals surface area contributed by atoms with Gasteiger partial charge in [0, 0.05) is 13.0 Å². The summed E-state index contributed by atoms with van der Waals surface area (Å²) in [6, 6.07) is 11.5. The van der Waals surface area contributed by atoms with Crippen LogP contribution < -0.4 is 9.46 Å².